The van der Waals surface area contributed by atoms with Crippen LogP contribution in [0.4, 0.5) is 5.69 Å². The van der Waals surface area contributed by atoms with E-state index < -0.39 is 0 Å². The first-order valence-electron chi connectivity index (χ1n) is 8.52. The number of hydrogen-bond acceptors (Lipinski definition) is 3. The molecule has 0 saturated heterocycles. The van der Waals surface area contributed by atoms with Crippen molar-refractivity contribution in [2.75, 3.05) is 12.4 Å². The van der Waals surface area contributed by atoms with Gasteiger partial charge in [0, 0.05) is 24.2 Å². The van der Waals surface area contributed by atoms with Gasteiger partial charge in [0.25, 0.3) is 5.91 Å². The number of nitrogens with zero attached hydrogens (tertiary/aromatic N) is 1. The van der Waals surface area contributed by atoms with Gasteiger partial charge in [-0.2, -0.15) is 0 Å². The third-order valence-corrected chi connectivity index (χ3v) is 4.43. The van der Waals surface area contributed by atoms with Crippen LogP contribution in [0.5, 0.6) is 5.75 Å². The molecule has 134 valence electrons. The average molecular weight is 350 g/mol. The van der Waals surface area contributed by atoms with E-state index in [-0.39, 0.29) is 17.7 Å². The zero-order valence-corrected chi connectivity index (χ0v) is 15.4. The summed E-state index contributed by atoms with van der Waals surface area (Å²) >= 11 is 0. The monoisotopic (exact) mass is 350 g/mol. The number of carbonyl (C=O) groups excluding carboxylic acids is 2. The van der Waals surface area contributed by atoms with E-state index in [1.165, 1.54) is 11.5 Å². The van der Waals surface area contributed by atoms with Gasteiger partial charge in [-0.1, -0.05) is 32.0 Å². The number of ether oxygens (including phenoxy) is 1. The summed E-state index contributed by atoms with van der Waals surface area (Å²) in [5.74, 6) is 0.513. The topological polar surface area (TPSA) is 60.3 Å². The van der Waals surface area contributed by atoms with Crippen LogP contribution in [-0.2, 0) is 0 Å². The molecule has 0 bridgehead atoms. The van der Waals surface area contributed by atoms with Gasteiger partial charge in [-0.3, -0.25) is 14.2 Å². The first-order chi connectivity index (χ1) is 12.4. The van der Waals surface area contributed by atoms with Crippen LogP contribution in [0.25, 0.3) is 10.9 Å². The van der Waals surface area contributed by atoms with Crippen LogP contribution in [0.2, 0.25) is 0 Å². The maximum atomic E-state index is 13.0. The van der Waals surface area contributed by atoms with Crippen molar-refractivity contribution in [1.29, 1.82) is 0 Å². The third-order valence-electron chi connectivity index (χ3n) is 4.43. The van der Waals surface area contributed by atoms with Gasteiger partial charge in [-0.05, 0) is 35.7 Å². The molecule has 0 aliphatic rings. The van der Waals surface area contributed by atoms with Crippen molar-refractivity contribution >= 4 is 28.4 Å². The Labute approximate surface area is 152 Å². The molecule has 0 fully saturated rings. The number of carbonyl (C=O) groups is 2. The van der Waals surface area contributed by atoms with Gasteiger partial charge >= 0.3 is 0 Å². The lowest BCUT2D eigenvalue weighted by atomic mass is 10.0. The summed E-state index contributed by atoms with van der Waals surface area (Å²) in [6.07, 6.45) is 1.58. The van der Waals surface area contributed by atoms with Crippen molar-refractivity contribution in [3.63, 3.8) is 0 Å². The number of para-hydroxylation sites is 1. The summed E-state index contributed by atoms with van der Waals surface area (Å²) in [4.78, 5) is 24.9. The predicted molar refractivity (Wildman–Crippen MR) is 103 cm³/mol. The van der Waals surface area contributed by atoms with Crippen molar-refractivity contribution in [3.8, 4) is 5.75 Å². The van der Waals surface area contributed by atoms with Gasteiger partial charge in [0.15, 0.2) is 0 Å². The van der Waals surface area contributed by atoms with E-state index in [0.717, 1.165) is 11.3 Å². The molecule has 3 rings (SSSR count). The Bertz CT molecular complexity index is 986. The molecular formula is C21H22N2O3. The lowest BCUT2D eigenvalue weighted by Crippen LogP contribution is -2.13. The zero-order chi connectivity index (χ0) is 18.8. The quantitative estimate of drug-likeness (QED) is 0.743. The van der Waals surface area contributed by atoms with Crippen LogP contribution in [0.3, 0.4) is 0 Å². The van der Waals surface area contributed by atoms with Crippen molar-refractivity contribution < 1.29 is 14.3 Å². The Hall–Kier alpha value is -3.08. The fourth-order valence-electron chi connectivity index (χ4n) is 3.08. The number of anilines is 1. The number of hydrogen-bond donors (Lipinski definition) is 1. The van der Waals surface area contributed by atoms with Gasteiger partial charge in [-0.25, -0.2) is 0 Å². The smallest absolute Gasteiger partial charge is 0.257 e. The van der Waals surface area contributed by atoms with Gasteiger partial charge < -0.3 is 10.1 Å². The molecule has 0 saturated carbocycles. The maximum Gasteiger partial charge on any atom is 0.257 e. The summed E-state index contributed by atoms with van der Waals surface area (Å²) in [5, 5.41) is 3.67. The Kier molecular flexibility index (Phi) is 4.80. The zero-order valence-electron chi connectivity index (χ0n) is 15.4. The highest BCUT2D eigenvalue weighted by Crippen LogP contribution is 2.28. The van der Waals surface area contributed by atoms with Gasteiger partial charge in [0.1, 0.15) is 5.75 Å². The average Bonchev–Trinajstić information content (AvgIpc) is 3.01. The van der Waals surface area contributed by atoms with Crippen LogP contribution in [-0.4, -0.2) is 23.5 Å². The second-order valence-corrected chi connectivity index (χ2v) is 6.51. The lowest BCUT2D eigenvalue weighted by molar-refractivity contribution is 0.0941. The standard InChI is InChI=1S/C21H22N2O3/c1-13(2)16-7-5-6-8-19(16)22-21(25)18-12-23(14(3)24)20-10-9-15(26-4)11-17(18)20/h5-13H,1-4H3,(H,22,25). The number of rotatable bonds is 4. The first-order valence-corrected chi connectivity index (χ1v) is 8.52. The van der Waals surface area contributed by atoms with Crippen molar-refractivity contribution in [2.24, 2.45) is 0 Å². The molecule has 1 aromatic heterocycles. The Balaban J connectivity index is 2.07. The molecule has 0 unspecified atom stereocenters. The van der Waals surface area contributed by atoms with E-state index in [1.807, 2.05) is 24.3 Å². The Morgan fingerprint density at radius 1 is 1.12 bits per heavy atom. The normalized spacial score (nSPS) is 11.0. The molecule has 0 aliphatic carbocycles. The SMILES string of the molecule is COc1ccc2c(c1)c(C(=O)Nc1ccccc1C(C)C)cn2C(C)=O. The molecule has 0 atom stereocenters. The van der Waals surface area contributed by atoms with E-state index in [1.54, 1.807) is 31.5 Å². The van der Waals surface area contributed by atoms with E-state index >= 15 is 0 Å². The van der Waals surface area contributed by atoms with Crippen LogP contribution < -0.4 is 10.1 Å². The Morgan fingerprint density at radius 3 is 2.50 bits per heavy atom. The molecule has 2 aromatic carbocycles. The molecule has 0 aliphatic heterocycles. The van der Waals surface area contributed by atoms with Crippen LogP contribution in [0.15, 0.2) is 48.7 Å². The Morgan fingerprint density at radius 2 is 1.85 bits per heavy atom. The highest BCUT2D eigenvalue weighted by Gasteiger charge is 2.19. The minimum Gasteiger partial charge on any atom is -0.497 e. The molecule has 0 spiro atoms. The van der Waals surface area contributed by atoms with Gasteiger partial charge in [0.05, 0.1) is 18.2 Å². The minimum absolute atomic E-state index is 0.151. The predicted octanol–water partition coefficient (Wildman–Crippen LogP) is 4.69. The highest BCUT2D eigenvalue weighted by atomic mass is 16.5. The number of amides is 1. The van der Waals surface area contributed by atoms with Crippen LogP contribution >= 0.6 is 0 Å². The summed E-state index contributed by atoms with van der Waals surface area (Å²) < 4.78 is 6.75. The molecule has 1 heterocycles. The van der Waals surface area contributed by atoms with Gasteiger partial charge in [-0.15, -0.1) is 0 Å². The van der Waals surface area contributed by atoms with E-state index in [2.05, 4.69) is 19.2 Å². The second-order valence-electron chi connectivity index (χ2n) is 6.51. The summed E-state index contributed by atoms with van der Waals surface area (Å²) in [6, 6.07) is 13.1. The molecule has 0 radical (unpaired) electrons. The van der Waals surface area contributed by atoms with Gasteiger partial charge in [0.2, 0.25) is 5.91 Å². The number of methoxy groups -OCH3 is 1. The molecule has 26 heavy (non-hydrogen) atoms. The highest BCUT2D eigenvalue weighted by molar-refractivity contribution is 6.14. The van der Waals surface area contributed by atoms with E-state index in [0.29, 0.717) is 22.2 Å². The molecule has 1 amide bonds. The maximum absolute atomic E-state index is 13.0. The fourth-order valence-corrected chi connectivity index (χ4v) is 3.08. The fraction of sp³-hybridized carbons (Fsp3) is 0.238. The molecule has 3 aromatic rings. The van der Waals surface area contributed by atoms with Crippen molar-refractivity contribution in [1.82, 2.24) is 4.57 Å². The number of nitrogens with one attached hydrogen (secondary N) is 1. The van der Waals surface area contributed by atoms with E-state index in [9.17, 15) is 9.59 Å². The first kappa shape index (κ1) is 17.7. The molecule has 5 heteroatoms. The summed E-state index contributed by atoms with van der Waals surface area (Å²) in [5.41, 5.74) is 2.96. The number of aromatic nitrogens is 1. The second kappa shape index (κ2) is 7.04. The largest absolute Gasteiger partial charge is 0.497 e. The van der Waals surface area contributed by atoms with Crippen molar-refractivity contribution in [3.05, 3.63) is 59.8 Å². The molecular weight excluding hydrogens is 328 g/mol. The number of fused-ring (bicyclic) bond motifs is 1. The third kappa shape index (κ3) is 3.20. The lowest BCUT2D eigenvalue weighted by Gasteiger charge is -2.13. The molecule has 1 N–H and O–H groups in total. The number of benzene rings is 2. The summed E-state index contributed by atoms with van der Waals surface area (Å²) in [7, 11) is 1.57. The van der Waals surface area contributed by atoms with Crippen LogP contribution in [0, 0.1) is 0 Å². The molecule has 5 nitrogen and oxygen atoms in total. The summed E-state index contributed by atoms with van der Waals surface area (Å²) in [6.45, 7) is 5.63. The van der Waals surface area contributed by atoms with Crippen molar-refractivity contribution in [2.45, 2.75) is 26.7 Å². The minimum atomic E-state index is -0.253. The van der Waals surface area contributed by atoms with Crippen LogP contribution in [0.1, 0.15) is 47.4 Å². The van der Waals surface area contributed by atoms with E-state index in [4.69, 9.17) is 4.74 Å².